The summed E-state index contributed by atoms with van der Waals surface area (Å²) >= 11 is 8.42. The molecular formula is C9H9Br2N3OS. The van der Waals surface area contributed by atoms with Crippen molar-refractivity contribution in [3.8, 4) is 11.5 Å². The second-order valence-corrected chi connectivity index (χ2v) is 7.18. The molecule has 0 spiro atoms. The van der Waals surface area contributed by atoms with Crippen LogP contribution in [0, 0.1) is 0 Å². The Labute approximate surface area is 113 Å². The number of nitrogens with zero attached hydrogens (tertiary/aromatic N) is 2. The van der Waals surface area contributed by atoms with Gasteiger partial charge in [-0.15, -0.1) is 11.3 Å². The molecule has 0 radical (unpaired) electrons. The molecule has 2 heterocycles. The second kappa shape index (κ2) is 4.95. The molecule has 0 aliphatic carbocycles. The van der Waals surface area contributed by atoms with Crippen molar-refractivity contribution in [3.63, 3.8) is 0 Å². The average Bonchev–Trinajstić information content (AvgIpc) is 2.72. The van der Waals surface area contributed by atoms with Gasteiger partial charge in [-0.2, -0.15) is 4.98 Å². The standard InChI is InChI=1S/C9H9Br2N3OS/c1-4(12)2-7-13-9(15-14-7)5-3-6(10)16-8(5)11/h3-4H,2,12H2,1H3. The van der Waals surface area contributed by atoms with E-state index >= 15 is 0 Å². The maximum atomic E-state index is 5.67. The van der Waals surface area contributed by atoms with Gasteiger partial charge in [0, 0.05) is 12.5 Å². The van der Waals surface area contributed by atoms with E-state index in [9.17, 15) is 0 Å². The molecule has 1 unspecified atom stereocenters. The summed E-state index contributed by atoms with van der Waals surface area (Å²) in [5.41, 5.74) is 6.57. The van der Waals surface area contributed by atoms with Crippen LogP contribution in [0.3, 0.4) is 0 Å². The van der Waals surface area contributed by atoms with Crippen LogP contribution >= 0.6 is 43.2 Å². The van der Waals surface area contributed by atoms with Gasteiger partial charge in [-0.25, -0.2) is 0 Å². The zero-order chi connectivity index (χ0) is 11.7. The first-order chi connectivity index (χ1) is 7.56. The Morgan fingerprint density at radius 2 is 2.31 bits per heavy atom. The summed E-state index contributed by atoms with van der Waals surface area (Å²) in [5.74, 6) is 1.16. The topological polar surface area (TPSA) is 64.9 Å². The van der Waals surface area contributed by atoms with Gasteiger partial charge in [0.2, 0.25) is 0 Å². The SMILES string of the molecule is CC(N)Cc1noc(-c2cc(Br)sc2Br)n1. The molecule has 0 bridgehead atoms. The molecule has 0 saturated carbocycles. The van der Waals surface area contributed by atoms with E-state index in [1.807, 2.05) is 13.0 Å². The highest BCUT2D eigenvalue weighted by Gasteiger charge is 2.15. The molecule has 0 amide bonds. The maximum Gasteiger partial charge on any atom is 0.259 e. The molecule has 86 valence electrons. The van der Waals surface area contributed by atoms with Gasteiger partial charge in [-0.3, -0.25) is 0 Å². The Morgan fingerprint density at radius 3 is 2.88 bits per heavy atom. The fraction of sp³-hybridized carbons (Fsp3) is 0.333. The van der Waals surface area contributed by atoms with Crippen LogP contribution in [-0.2, 0) is 6.42 Å². The van der Waals surface area contributed by atoms with Gasteiger partial charge in [-0.1, -0.05) is 5.16 Å². The first-order valence-electron chi connectivity index (χ1n) is 4.59. The highest BCUT2D eigenvalue weighted by atomic mass is 79.9. The lowest BCUT2D eigenvalue weighted by Gasteiger charge is -1.96. The number of aromatic nitrogens is 2. The molecule has 2 rings (SSSR count). The lowest BCUT2D eigenvalue weighted by molar-refractivity contribution is 0.420. The number of hydrogen-bond donors (Lipinski definition) is 1. The van der Waals surface area contributed by atoms with Gasteiger partial charge in [0.1, 0.15) is 0 Å². The van der Waals surface area contributed by atoms with Crippen LogP contribution in [0.4, 0.5) is 0 Å². The van der Waals surface area contributed by atoms with Gasteiger partial charge < -0.3 is 10.3 Å². The molecule has 0 aromatic carbocycles. The Hall–Kier alpha value is -0.240. The number of hydrogen-bond acceptors (Lipinski definition) is 5. The molecule has 0 aliphatic heterocycles. The summed E-state index contributed by atoms with van der Waals surface area (Å²) in [7, 11) is 0. The zero-order valence-electron chi connectivity index (χ0n) is 8.41. The van der Waals surface area contributed by atoms with E-state index in [0.717, 1.165) is 13.1 Å². The van der Waals surface area contributed by atoms with E-state index in [4.69, 9.17) is 10.3 Å². The van der Waals surface area contributed by atoms with Gasteiger partial charge in [0.25, 0.3) is 5.89 Å². The van der Waals surface area contributed by atoms with Crippen molar-refractivity contribution in [2.24, 2.45) is 5.73 Å². The van der Waals surface area contributed by atoms with Crippen molar-refractivity contribution in [2.75, 3.05) is 0 Å². The van der Waals surface area contributed by atoms with Gasteiger partial charge in [0.05, 0.1) is 13.1 Å². The van der Waals surface area contributed by atoms with Crippen molar-refractivity contribution in [2.45, 2.75) is 19.4 Å². The fourth-order valence-corrected chi connectivity index (χ4v) is 4.00. The first kappa shape index (κ1) is 12.2. The fourth-order valence-electron chi connectivity index (χ4n) is 1.22. The Kier molecular flexibility index (Phi) is 3.78. The van der Waals surface area contributed by atoms with Crippen molar-refractivity contribution in [1.82, 2.24) is 10.1 Å². The maximum absolute atomic E-state index is 5.67. The molecule has 2 aromatic heterocycles. The Morgan fingerprint density at radius 1 is 1.56 bits per heavy atom. The third-order valence-corrected chi connectivity index (χ3v) is 4.20. The third kappa shape index (κ3) is 2.71. The van der Waals surface area contributed by atoms with Crippen molar-refractivity contribution >= 4 is 43.2 Å². The minimum absolute atomic E-state index is 0.0306. The molecule has 2 N–H and O–H groups in total. The molecular weight excluding hydrogens is 358 g/mol. The van der Waals surface area contributed by atoms with Crippen LogP contribution in [0.5, 0.6) is 0 Å². The minimum atomic E-state index is 0.0306. The normalized spacial score (nSPS) is 13.0. The molecule has 1 atom stereocenters. The summed E-state index contributed by atoms with van der Waals surface area (Å²) in [6.07, 6.45) is 0.617. The second-order valence-electron chi connectivity index (χ2n) is 3.44. The van der Waals surface area contributed by atoms with E-state index in [-0.39, 0.29) is 6.04 Å². The molecule has 0 aliphatic rings. The first-order valence-corrected chi connectivity index (χ1v) is 7.00. The summed E-state index contributed by atoms with van der Waals surface area (Å²) in [6, 6.07) is 1.97. The van der Waals surface area contributed by atoms with E-state index in [1.54, 1.807) is 11.3 Å². The van der Waals surface area contributed by atoms with Crippen LogP contribution in [0.1, 0.15) is 12.7 Å². The quantitative estimate of drug-likeness (QED) is 0.905. The summed E-state index contributed by atoms with van der Waals surface area (Å²) < 4.78 is 7.17. The smallest absolute Gasteiger partial charge is 0.259 e. The van der Waals surface area contributed by atoms with E-state index in [0.29, 0.717) is 18.1 Å². The van der Waals surface area contributed by atoms with Crippen LogP contribution in [0.25, 0.3) is 11.5 Å². The van der Waals surface area contributed by atoms with E-state index < -0.39 is 0 Å². The van der Waals surface area contributed by atoms with Crippen molar-refractivity contribution in [3.05, 3.63) is 19.5 Å². The van der Waals surface area contributed by atoms with Gasteiger partial charge in [0.15, 0.2) is 5.82 Å². The number of nitrogens with two attached hydrogens (primary N) is 1. The van der Waals surface area contributed by atoms with E-state index in [1.165, 1.54) is 0 Å². The zero-order valence-corrected chi connectivity index (χ0v) is 12.4. The Bertz CT molecular complexity index is 495. The van der Waals surface area contributed by atoms with Crippen molar-refractivity contribution in [1.29, 1.82) is 0 Å². The predicted octanol–water partition coefficient (Wildman–Crippen LogP) is 3.21. The largest absolute Gasteiger partial charge is 0.334 e. The molecule has 2 aromatic rings. The lowest BCUT2D eigenvalue weighted by atomic mass is 10.2. The molecule has 16 heavy (non-hydrogen) atoms. The van der Waals surface area contributed by atoms with Crippen LogP contribution < -0.4 is 5.73 Å². The number of halogens is 2. The number of rotatable bonds is 3. The predicted molar refractivity (Wildman–Crippen MR) is 70.4 cm³/mol. The lowest BCUT2D eigenvalue weighted by Crippen LogP contribution is -2.18. The minimum Gasteiger partial charge on any atom is -0.334 e. The van der Waals surface area contributed by atoms with Crippen LogP contribution in [0.2, 0.25) is 0 Å². The third-order valence-electron chi connectivity index (χ3n) is 1.86. The molecule has 4 nitrogen and oxygen atoms in total. The molecule has 0 saturated heterocycles. The van der Waals surface area contributed by atoms with Crippen molar-refractivity contribution < 1.29 is 4.52 Å². The highest BCUT2D eigenvalue weighted by Crippen LogP contribution is 2.37. The van der Waals surface area contributed by atoms with E-state index in [2.05, 4.69) is 42.0 Å². The van der Waals surface area contributed by atoms with Gasteiger partial charge >= 0.3 is 0 Å². The summed E-state index contributed by atoms with van der Waals surface area (Å²) in [5, 5.41) is 3.89. The molecule has 0 fully saturated rings. The monoisotopic (exact) mass is 365 g/mol. The highest BCUT2D eigenvalue weighted by molar-refractivity contribution is 9.12. The number of thiophene rings is 1. The van der Waals surface area contributed by atoms with Gasteiger partial charge in [-0.05, 0) is 44.8 Å². The Balaban J connectivity index is 2.28. The molecule has 7 heteroatoms. The van der Waals surface area contributed by atoms with Crippen LogP contribution in [0.15, 0.2) is 18.2 Å². The summed E-state index contributed by atoms with van der Waals surface area (Å²) in [6.45, 7) is 1.91. The average molecular weight is 367 g/mol. The van der Waals surface area contributed by atoms with Crippen LogP contribution in [-0.4, -0.2) is 16.2 Å². The summed E-state index contributed by atoms with van der Waals surface area (Å²) in [4.78, 5) is 4.29.